The summed E-state index contributed by atoms with van der Waals surface area (Å²) in [5.74, 6) is -0.384. The Morgan fingerprint density at radius 2 is 1.92 bits per heavy atom. The van der Waals surface area contributed by atoms with Crippen LogP contribution in [0, 0.1) is 18.3 Å². The Kier molecular flexibility index (Phi) is 2.69. The van der Waals surface area contributed by atoms with Gasteiger partial charge in [-0.05, 0) is 30.4 Å². The predicted octanol–water partition coefficient (Wildman–Crippen LogP) is 3.12. The van der Waals surface area contributed by atoms with Crippen molar-refractivity contribution < 1.29 is 4.39 Å². The molecule has 13 heavy (non-hydrogen) atoms. The van der Waals surface area contributed by atoms with E-state index in [1.807, 2.05) is 6.92 Å². The number of pyridine rings is 1. The lowest BCUT2D eigenvalue weighted by atomic mass is 9.89. The van der Waals surface area contributed by atoms with E-state index >= 15 is 0 Å². The van der Waals surface area contributed by atoms with Gasteiger partial charge in [-0.2, -0.15) is 4.39 Å². The van der Waals surface area contributed by atoms with E-state index in [9.17, 15) is 4.39 Å². The van der Waals surface area contributed by atoms with Crippen LogP contribution in [0.4, 0.5) is 4.39 Å². The van der Waals surface area contributed by atoms with Crippen LogP contribution in [0.25, 0.3) is 0 Å². The maximum atomic E-state index is 12.8. The van der Waals surface area contributed by atoms with E-state index in [1.165, 1.54) is 6.07 Å². The Labute approximate surface area is 79.0 Å². The topological polar surface area (TPSA) is 12.9 Å². The third-order valence-corrected chi connectivity index (χ3v) is 1.87. The fourth-order valence-corrected chi connectivity index (χ4v) is 1.23. The number of aromatic nitrogens is 1. The largest absolute Gasteiger partial charge is 0.225 e. The lowest BCUT2D eigenvalue weighted by molar-refractivity contribution is 0.401. The first kappa shape index (κ1) is 10.2. The van der Waals surface area contributed by atoms with Crippen LogP contribution in [0.2, 0.25) is 0 Å². The van der Waals surface area contributed by atoms with Gasteiger partial charge in [0.1, 0.15) is 0 Å². The molecule has 0 fully saturated rings. The van der Waals surface area contributed by atoms with Gasteiger partial charge in [0.15, 0.2) is 0 Å². The van der Waals surface area contributed by atoms with Crippen LogP contribution in [0.3, 0.4) is 0 Å². The molecule has 2 heteroatoms. The van der Waals surface area contributed by atoms with E-state index in [2.05, 4.69) is 25.8 Å². The Balaban J connectivity index is 2.94. The van der Waals surface area contributed by atoms with E-state index in [0.29, 0.717) is 0 Å². The first-order valence-electron chi connectivity index (χ1n) is 4.50. The van der Waals surface area contributed by atoms with Crippen LogP contribution >= 0.6 is 0 Å². The Bertz CT molecular complexity index is 299. The molecule has 0 saturated carbocycles. The van der Waals surface area contributed by atoms with Crippen LogP contribution in [-0.2, 0) is 6.42 Å². The molecule has 0 spiro atoms. The fraction of sp³-hybridized carbons (Fsp3) is 0.545. The molecule has 0 unspecified atom stereocenters. The molecule has 0 aliphatic carbocycles. The highest BCUT2D eigenvalue weighted by Gasteiger charge is 2.14. The number of hydrogen-bond donors (Lipinski definition) is 0. The molecule has 0 N–H and O–H groups in total. The van der Waals surface area contributed by atoms with Crippen LogP contribution in [0.1, 0.15) is 32.0 Å². The second-order valence-electron chi connectivity index (χ2n) is 4.64. The molecule has 0 radical (unpaired) electrons. The molecule has 1 aromatic heterocycles. The summed E-state index contributed by atoms with van der Waals surface area (Å²) in [7, 11) is 0. The molecule has 0 aromatic carbocycles. The minimum absolute atomic E-state index is 0.158. The summed E-state index contributed by atoms with van der Waals surface area (Å²) in [6.45, 7) is 8.34. The molecular formula is C11H16FN. The van der Waals surface area contributed by atoms with Crippen LogP contribution in [-0.4, -0.2) is 4.98 Å². The van der Waals surface area contributed by atoms with Crippen LogP contribution in [0.15, 0.2) is 12.1 Å². The Morgan fingerprint density at radius 3 is 2.46 bits per heavy atom. The van der Waals surface area contributed by atoms with Crippen molar-refractivity contribution in [2.75, 3.05) is 0 Å². The minimum atomic E-state index is -0.384. The number of nitrogens with zero attached hydrogens (tertiary/aromatic N) is 1. The van der Waals surface area contributed by atoms with Gasteiger partial charge >= 0.3 is 0 Å². The van der Waals surface area contributed by atoms with E-state index in [-0.39, 0.29) is 11.4 Å². The predicted molar refractivity (Wildman–Crippen MR) is 52.1 cm³/mol. The summed E-state index contributed by atoms with van der Waals surface area (Å²) >= 11 is 0. The highest BCUT2D eigenvalue weighted by molar-refractivity contribution is 5.19. The summed E-state index contributed by atoms with van der Waals surface area (Å²) in [6, 6.07) is 3.19. The lowest BCUT2D eigenvalue weighted by Crippen LogP contribution is -2.12. The van der Waals surface area contributed by atoms with Gasteiger partial charge in [0.25, 0.3) is 0 Å². The van der Waals surface area contributed by atoms with Gasteiger partial charge in [0.05, 0.1) is 0 Å². The quantitative estimate of drug-likeness (QED) is 0.606. The molecule has 0 saturated heterocycles. The van der Waals surface area contributed by atoms with Crippen molar-refractivity contribution in [3.63, 3.8) is 0 Å². The summed E-state index contributed by atoms with van der Waals surface area (Å²) in [4.78, 5) is 3.89. The SMILES string of the molecule is Cc1ccc(F)nc1CC(C)(C)C. The van der Waals surface area contributed by atoms with Crippen molar-refractivity contribution >= 4 is 0 Å². The van der Waals surface area contributed by atoms with Gasteiger partial charge in [-0.15, -0.1) is 0 Å². The highest BCUT2D eigenvalue weighted by Crippen LogP contribution is 2.21. The maximum Gasteiger partial charge on any atom is 0.213 e. The van der Waals surface area contributed by atoms with E-state index in [0.717, 1.165) is 17.7 Å². The monoisotopic (exact) mass is 181 g/mol. The second-order valence-corrected chi connectivity index (χ2v) is 4.64. The summed E-state index contributed by atoms with van der Waals surface area (Å²) in [5, 5.41) is 0. The van der Waals surface area contributed by atoms with Gasteiger partial charge in [0, 0.05) is 5.69 Å². The fourth-order valence-electron chi connectivity index (χ4n) is 1.23. The number of rotatable bonds is 1. The average Bonchev–Trinajstić information content (AvgIpc) is 1.94. The highest BCUT2D eigenvalue weighted by atomic mass is 19.1. The van der Waals surface area contributed by atoms with E-state index < -0.39 is 0 Å². The molecule has 1 aromatic rings. The third-order valence-electron chi connectivity index (χ3n) is 1.87. The zero-order valence-corrected chi connectivity index (χ0v) is 8.69. The van der Waals surface area contributed by atoms with Gasteiger partial charge in [0.2, 0.25) is 5.95 Å². The van der Waals surface area contributed by atoms with Gasteiger partial charge in [-0.25, -0.2) is 4.98 Å². The Hall–Kier alpha value is -0.920. The smallest absolute Gasteiger partial charge is 0.213 e. The molecule has 0 aliphatic heterocycles. The molecule has 0 amide bonds. The molecule has 0 bridgehead atoms. The molecule has 1 nitrogen and oxygen atoms in total. The lowest BCUT2D eigenvalue weighted by Gasteiger charge is -2.18. The maximum absolute atomic E-state index is 12.8. The zero-order chi connectivity index (χ0) is 10.1. The van der Waals surface area contributed by atoms with E-state index in [1.54, 1.807) is 6.07 Å². The van der Waals surface area contributed by atoms with Crippen molar-refractivity contribution in [3.8, 4) is 0 Å². The molecule has 1 heterocycles. The molecule has 72 valence electrons. The summed E-state index contributed by atoms with van der Waals surface area (Å²) in [6.07, 6.45) is 0.816. The Morgan fingerprint density at radius 1 is 1.31 bits per heavy atom. The number of halogens is 1. The first-order chi connectivity index (χ1) is 5.88. The van der Waals surface area contributed by atoms with Crippen molar-refractivity contribution in [3.05, 3.63) is 29.3 Å². The number of hydrogen-bond acceptors (Lipinski definition) is 1. The van der Waals surface area contributed by atoms with Crippen molar-refractivity contribution in [2.45, 2.75) is 34.1 Å². The van der Waals surface area contributed by atoms with Gasteiger partial charge in [-0.3, -0.25) is 0 Å². The second kappa shape index (κ2) is 3.44. The minimum Gasteiger partial charge on any atom is -0.225 e. The van der Waals surface area contributed by atoms with Crippen molar-refractivity contribution in [1.82, 2.24) is 4.98 Å². The summed E-state index contributed by atoms with van der Waals surface area (Å²) < 4.78 is 12.8. The standard InChI is InChI=1S/C11H16FN/c1-8-5-6-10(12)13-9(8)7-11(2,3)4/h5-6H,7H2,1-4H3. The van der Waals surface area contributed by atoms with Gasteiger partial charge in [-0.1, -0.05) is 26.8 Å². The van der Waals surface area contributed by atoms with Crippen molar-refractivity contribution in [2.24, 2.45) is 5.41 Å². The average molecular weight is 181 g/mol. The summed E-state index contributed by atoms with van der Waals surface area (Å²) in [5.41, 5.74) is 2.09. The third kappa shape index (κ3) is 3.13. The van der Waals surface area contributed by atoms with E-state index in [4.69, 9.17) is 0 Å². The molecule has 0 atom stereocenters. The van der Waals surface area contributed by atoms with Gasteiger partial charge < -0.3 is 0 Å². The normalized spacial score (nSPS) is 11.8. The number of aryl methyl sites for hydroxylation is 1. The molecule has 0 aliphatic rings. The molecular weight excluding hydrogens is 165 g/mol. The van der Waals surface area contributed by atoms with Crippen LogP contribution < -0.4 is 0 Å². The zero-order valence-electron chi connectivity index (χ0n) is 8.69. The van der Waals surface area contributed by atoms with Crippen LogP contribution in [0.5, 0.6) is 0 Å². The first-order valence-corrected chi connectivity index (χ1v) is 4.50. The van der Waals surface area contributed by atoms with Crippen molar-refractivity contribution in [1.29, 1.82) is 0 Å². The molecule has 1 rings (SSSR count).